The third-order valence-electron chi connectivity index (χ3n) is 6.14. The van der Waals surface area contributed by atoms with Crippen LogP contribution in [0.2, 0.25) is 0 Å². The Morgan fingerprint density at radius 2 is 1.84 bits per heavy atom. The van der Waals surface area contributed by atoms with E-state index in [-0.39, 0.29) is 47.9 Å². The maximum absolute atomic E-state index is 15.4. The molecule has 0 saturated heterocycles. The molecule has 1 N–H and O–H groups in total. The minimum absolute atomic E-state index is 0.0133. The zero-order chi connectivity index (χ0) is 27.8. The van der Waals surface area contributed by atoms with E-state index in [1.165, 1.54) is 12.3 Å². The molecule has 1 aliphatic rings. The molecule has 1 amide bonds. The number of nitrogens with zero attached hydrogens (tertiary/aromatic N) is 2. The molecule has 1 aromatic heterocycles. The molecule has 1 aliphatic carbocycles. The lowest BCUT2D eigenvalue weighted by atomic mass is 9.93. The molecule has 0 spiro atoms. The molecule has 1 heterocycles. The van der Waals surface area contributed by atoms with Crippen LogP contribution in [0.3, 0.4) is 0 Å². The van der Waals surface area contributed by atoms with Crippen molar-refractivity contribution in [1.29, 1.82) is 0 Å². The number of hydrogen-bond donors (Lipinski definition) is 1. The Morgan fingerprint density at radius 3 is 2.39 bits per heavy atom. The highest BCUT2D eigenvalue weighted by atomic mass is 19.4. The standard InChI is InChI=1S/C26H24F5N3O4/c1-4-37-23(35)18-9-16(10-21(28)22(18)15-12-32-34(13-15)14(2)3)33-24(36)25(7-8-25)19-6-5-17(11-20(19)27)38-26(29,30)31/h5-6,9-14H,4,7-8H2,1-3H3,(H,33,36). The number of halogens is 5. The van der Waals surface area contributed by atoms with Crippen molar-refractivity contribution in [3.8, 4) is 16.9 Å². The first-order chi connectivity index (χ1) is 17.8. The van der Waals surface area contributed by atoms with Crippen LogP contribution >= 0.6 is 0 Å². The van der Waals surface area contributed by atoms with Crippen molar-refractivity contribution >= 4 is 17.6 Å². The fourth-order valence-corrected chi connectivity index (χ4v) is 4.17. The van der Waals surface area contributed by atoms with Gasteiger partial charge < -0.3 is 14.8 Å². The fourth-order valence-electron chi connectivity index (χ4n) is 4.17. The van der Waals surface area contributed by atoms with Crippen LogP contribution in [0.4, 0.5) is 27.6 Å². The lowest BCUT2D eigenvalue weighted by Gasteiger charge is -2.19. The average Bonchev–Trinajstić information content (AvgIpc) is 3.47. The fraction of sp³-hybridized carbons (Fsp3) is 0.346. The van der Waals surface area contributed by atoms with Crippen LogP contribution in [-0.2, 0) is 14.9 Å². The summed E-state index contributed by atoms with van der Waals surface area (Å²) < 4.78 is 77.9. The minimum Gasteiger partial charge on any atom is -0.462 e. The largest absolute Gasteiger partial charge is 0.573 e. The van der Waals surface area contributed by atoms with Gasteiger partial charge in [-0.1, -0.05) is 6.07 Å². The molecule has 2 aromatic carbocycles. The zero-order valence-electron chi connectivity index (χ0n) is 20.7. The summed E-state index contributed by atoms with van der Waals surface area (Å²) in [5.41, 5.74) is -1.42. The molecular formula is C26H24F5N3O4. The lowest BCUT2D eigenvalue weighted by molar-refractivity contribution is -0.274. The van der Waals surface area contributed by atoms with Gasteiger partial charge in [-0.05, 0) is 51.8 Å². The normalized spacial score (nSPS) is 14.3. The highest BCUT2D eigenvalue weighted by molar-refractivity contribution is 6.04. The maximum Gasteiger partial charge on any atom is 0.573 e. The van der Waals surface area contributed by atoms with Crippen LogP contribution in [0.5, 0.6) is 5.75 Å². The molecule has 0 bridgehead atoms. The van der Waals surface area contributed by atoms with Gasteiger partial charge in [0.2, 0.25) is 5.91 Å². The Hall–Kier alpha value is -3.96. The predicted molar refractivity (Wildman–Crippen MR) is 127 cm³/mol. The number of alkyl halides is 3. The Balaban J connectivity index is 1.65. The van der Waals surface area contributed by atoms with E-state index in [1.54, 1.807) is 17.8 Å². The van der Waals surface area contributed by atoms with Gasteiger partial charge in [-0.2, -0.15) is 5.10 Å². The Labute approximate surface area is 214 Å². The van der Waals surface area contributed by atoms with Gasteiger partial charge in [0, 0.05) is 40.7 Å². The summed E-state index contributed by atoms with van der Waals surface area (Å²) in [6.07, 6.45) is -1.57. The van der Waals surface area contributed by atoms with Crippen LogP contribution in [0, 0.1) is 11.6 Å². The van der Waals surface area contributed by atoms with E-state index in [0.717, 1.165) is 18.2 Å². The highest BCUT2D eigenvalue weighted by Crippen LogP contribution is 2.50. The zero-order valence-corrected chi connectivity index (χ0v) is 20.7. The monoisotopic (exact) mass is 537 g/mol. The Bertz CT molecular complexity index is 1380. The van der Waals surface area contributed by atoms with Crippen LogP contribution in [0.25, 0.3) is 11.1 Å². The van der Waals surface area contributed by atoms with Crippen LogP contribution < -0.4 is 10.1 Å². The summed E-state index contributed by atoms with van der Waals surface area (Å²) in [7, 11) is 0. The Morgan fingerprint density at radius 1 is 1.13 bits per heavy atom. The molecule has 7 nitrogen and oxygen atoms in total. The van der Waals surface area contributed by atoms with Crippen molar-refractivity contribution < 1.29 is 41.0 Å². The summed E-state index contributed by atoms with van der Waals surface area (Å²) >= 11 is 0. The van der Waals surface area contributed by atoms with Crippen molar-refractivity contribution in [3.05, 3.63) is 65.5 Å². The van der Waals surface area contributed by atoms with Crippen molar-refractivity contribution in [3.63, 3.8) is 0 Å². The SMILES string of the molecule is CCOC(=O)c1cc(NC(=O)C2(c3ccc(OC(F)(F)F)cc3F)CC2)cc(F)c1-c1cnn(C(C)C)c1. The van der Waals surface area contributed by atoms with Gasteiger partial charge in [-0.3, -0.25) is 9.48 Å². The van der Waals surface area contributed by atoms with Crippen molar-refractivity contribution in [2.24, 2.45) is 0 Å². The van der Waals surface area contributed by atoms with E-state index in [4.69, 9.17) is 4.74 Å². The molecule has 3 aromatic rings. The number of hydrogen-bond acceptors (Lipinski definition) is 5. The number of anilines is 1. The van der Waals surface area contributed by atoms with Crippen LogP contribution in [0.15, 0.2) is 42.7 Å². The van der Waals surface area contributed by atoms with Gasteiger partial charge in [0.15, 0.2) is 0 Å². The third kappa shape index (κ3) is 5.48. The van der Waals surface area contributed by atoms with E-state index >= 15 is 4.39 Å². The van der Waals surface area contributed by atoms with Crippen molar-refractivity contribution in [1.82, 2.24) is 9.78 Å². The quantitative estimate of drug-likeness (QED) is 0.275. The molecule has 0 unspecified atom stereocenters. The van der Waals surface area contributed by atoms with Gasteiger partial charge in [0.1, 0.15) is 17.4 Å². The topological polar surface area (TPSA) is 82.4 Å². The maximum atomic E-state index is 15.4. The third-order valence-corrected chi connectivity index (χ3v) is 6.14. The van der Waals surface area contributed by atoms with E-state index in [0.29, 0.717) is 11.6 Å². The number of nitrogens with one attached hydrogen (secondary N) is 1. The number of ether oxygens (including phenoxy) is 2. The number of carbonyl (C=O) groups excluding carboxylic acids is 2. The van der Waals surface area contributed by atoms with E-state index < -0.39 is 41.0 Å². The number of esters is 1. The lowest BCUT2D eigenvalue weighted by Crippen LogP contribution is -2.29. The number of amides is 1. The summed E-state index contributed by atoms with van der Waals surface area (Å²) in [6, 6.07) is 4.80. The minimum atomic E-state index is -5.00. The summed E-state index contributed by atoms with van der Waals surface area (Å²) in [5.74, 6) is -4.14. The second-order valence-corrected chi connectivity index (χ2v) is 9.13. The molecule has 4 rings (SSSR count). The molecule has 0 atom stereocenters. The second-order valence-electron chi connectivity index (χ2n) is 9.13. The van der Waals surface area contributed by atoms with Crippen LogP contribution in [0.1, 0.15) is 55.6 Å². The summed E-state index contributed by atoms with van der Waals surface area (Å²) in [5, 5.41) is 6.70. The molecule has 0 aliphatic heterocycles. The summed E-state index contributed by atoms with van der Waals surface area (Å²) in [4.78, 5) is 25.9. The number of benzene rings is 2. The molecular weight excluding hydrogens is 513 g/mol. The molecule has 202 valence electrons. The first kappa shape index (κ1) is 27.1. The Kier molecular flexibility index (Phi) is 7.18. The molecule has 1 fully saturated rings. The number of rotatable bonds is 8. The second kappa shape index (κ2) is 10.1. The van der Waals surface area contributed by atoms with Crippen LogP contribution in [-0.4, -0.2) is 34.6 Å². The van der Waals surface area contributed by atoms with Crippen molar-refractivity contribution in [2.75, 3.05) is 11.9 Å². The van der Waals surface area contributed by atoms with Gasteiger partial charge in [0.25, 0.3) is 0 Å². The highest BCUT2D eigenvalue weighted by Gasteiger charge is 2.53. The number of aromatic nitrogens is 2. The smallest absolute Gasteiger partial charge is 0.462 e. The van der Waals surface area contributed by atoms with E-state index in [1.807, 2.05) is 13.8 Å². The van der Waals surface area contributed by atoms with E-state index in [2.05, 4.69) is 15.2 Å². The first-order valence-corrected chi connectivity index (χ1v) is 11.8. The molecule has 0 radical (unpaired) electrons. The van der Waals surface area contributed by atoms with Gasteiger partial charge >= 0.3 is 12.3 Å². The van der Waals surface area contributed by atoms with Crippen molar-refractivity contribution in [2.45, 2.75) is 51.4 Å². The van der Waals surface area contributed by atoms with Gasteiger partial charge in [0.05, 0.1) is 23.8 Å². The summed E-state index contributed by atoms with van der Waals surface area (Å²) in [6.45, 7) is 5.38. The average molecular weight is 537 g/mol. The predicted octanol–water partition coefficient (Wildman–Crippen LogP) is 6.15. The molecule has 38 heavy (non-hydrogen) atoms. The number of carbonyl (C=O) groups is 2. The molecule has 12 heteroatoms. The molecule has 1 saturated carbocycles. The van der Waals surface area contributed by atoms with Gasteiger partial charge in [-0.25, -0.2) is 13.6 Å². The van der Waals surface area contributed by atoms with E-state index in [9.17, 15) is 27.2 Å². The van der Waals surface area contributed by atoms with Gasteiger partial charge in [-0.15, -0.1) is 13.2 Å². The first-order valence-electron chi connectivity index (χ1n) is 11.8.